The lowest BCUT2D eigenvalue weighted by molar-refractivity contribution is -0.167. The zero-order chi connectivity index (χ0) is 50.0. The van der Waals surface area contributed by atoms with Crippen LogP contribution in [-0.4, -0.2) is 37.2 Å². The summed E-state index contributed by atoms with van der Waals surface area (Å²) in [5.41, 5.74) is 0. The molecule has 0 aromatic rings. The number of carbonyl (C=O) groups excluding carboxylic acids is 3. The maximum Gasteiger partial charge on any atom is 0.306 e. The Morgan fingerprint density at radius 2 is 0.565 bits per heavy atom. The summed E-state index contributed by atoms with van der Waals surface area (Å²) in [6.45, 7) is 6.34. The van der Waals surface area contributed by atoms with Crippen LogP contribution in [0, 0.1) is 0 Å². The number of hydrogen-bond donors (Lipinski definition) is 0. The summed E-state index contributed by atoms with van der Waals surface area (Å²) < 4.78 is 16.8. The molecule has 0 spiro atoms. The van der Waals surface area contributed by atoms with Crippen molar-refractivity contribution in [1.82, 2.24) is 0 Å². The van der Waals surface area contributed by atoms with Crippen LogP contribution in [0.1, 0.15) is 239 Å². The van der Waals surface area contributed by atoms with Gasteiger partial charge in [0.1, 0.15) is 13.2 Å². The topological polar surface area (TPSA) is 78.9 Å². The van der Waals surface area contributed by atoms with E-state index in [4.69, 9.17) is 14.2 Å². The van der Waals surface area contributed by atoms with Crippen LogP contribution in [0.5, 0.6) is 0 Å². The van der Waals surface area contributed by atoms with Crippen molar-refractivity contribution >= 4 is 17.9 Å². The minimum Gasteiger partial charge on any atom is -0.462 e. The normalized spacial score (nSPS) is 13.0. The van der Waals surface area contributed by atoms with Gasteiger partial charge in [-0.25, -0.2) is 0 Å². The van der Waals surface area contributed by atoms with Crippen LogP contribution in [-0.2, 0) is 28.6 Å². The molecule has 1 atom stereocenters. The second-order valence-corrected chi connectivity index (χ2v) is 18.1. The van der Waals surface area contributed by atoms with Gasteiger partial charge in [0.15, 0.2) is 6.10 Å². The molecule has 0 amide bonds. The second-order valence-electron chi connectivity index (χ2n) is 18.1. The van der Waals surface area contributed by atoms with E-state index in [1.165, 1.54) is 64.2 Å². The molecule has 0 saturated carbocycles. The van der Waals surface area contributed by atoms with Crippen LogP contribution in [0.25, 0.3) is 0 Å². The smallest absolute Gasteiger partial charge is 0.306 e. The second kappa shape index (κ2) is 56.4. The minimum atomic E-state index is -0.808. The van der Waals surface area contributed by atoms with Crippen LogP contribution in [0.3, 0.4) is 0 Å². The highest BCUT2D eigenvalue weighted by Crippen LogP contribution is 2.13. The molecule has 0 aliphatic heterocycles. The van der Waals surface area contributed by atoms with E-state index in [0.29, 0.717) is 25.7 Å². The quantitative estimate of drug-likeness (QED) is 0.0262. The van der Waals surface area contributed by atoms with Gasteiger partial charge in [-0.1, -0.05) is 213 Å². The maximum atomic E-state index is 12.8. The monoisotopic (exact) mass is 955 g/mol. The number of unbranched alkanes of at least 4 members (excludes halogenated alkanes) is 18. The van der Waals surface area contributed by atoms with Crippen molar-refractivity contribution in [2.75, 3.05) is 13.2 Å². The number of ether oxygens (including phenoxy) is 3. The molecule has 6 heteroatoms. The first-order valence-corrected chi connectivity index (χ1v) is 28.0. The van der Waals surface area contributed by atoms with Gasteiger partial charge in [-0.2, -0.15) is 0 Å². The van der Waals surface area contributed by atoms with Crippen molar-refractivity contribution < 1.29 is 28.6 Å². The Kier molecular flexibility index (Phi) is 53.0. The van der Waals surface area contributed by atoms with Crippen molar-refractivity contribution in [3.05, 3.63) is 122 Å². The predicted molar refractivity (Wildman–Crippen MR) is 297 cm³/mol. The highest BCUT2D eigenvalue weighted by atomic mass is 16.6. The summed E-state index contributed by atoms with van der Waals surface area (Å²) in [4.78, 5) is 38.1. The van der Waals surface area contributed by atoms with Gasteiger partial charge in [0.2, 0.25) is 0 Å². The fourth-order valence-corrected chi connectivity index (χ4v) is 7.28. The molecule has 0 heterocycles. The molecule has 0 aromatic heterocycles. The molecule has 0 aliphatic carbocycles. The molecule has 1 unspecified atom stereocenters. The van der Waals surface area contributed by atoms with E-state index in [1.807, 2.05) is 0 Å². The zero-order valence-electron chi connectivity index (χ0n) is 44.5. The third-order valence-electron chi connectivity index (χ3n) is 11.4. The van der Waals surface area contributed by atoms with Crippen LogP contribution < -0.4 is 0 Å². The first-order chi connectivity index (χ1) is 34.0. The van der Waals surface area contributed by atoms with E-state index in [9.17, 15) is 14.4 Å². The molecule has 0 bridgehead atoms. The largest absolute Gasteiger partial charge is 0.462 e. The first kappa shape index (κ1) is 64.8. The van der Waals surface area contributed by atoms with Gasteiger partial charge < -0.3 is 14.2 Å². The summed E-state index contributed by atoms with van der Waals surface area (Å²) in [5.74, 6) is -0.970. The highest BCUT2D eigenvalue weighted by molar-refractivity contribution is 5.71. The van der Waals surface area contributed by atoms with Crippen LogP contribution in [0.15, 0.2) is 122 Å². The molecule has 69 heavy (non-hydrogen) atoms. The van der Waals surface area contributed by atoms with Crippen molar-refractivity contribution in [2.45, 2.75) is 245 Å². The lowest BCUT2D eigenvalue weighted by atomic mass is 10.1. The van der Waals surface area contributed by atoms with Gasteiger partial charge in [-0.15, -0.1) is 0 Å². The van der Waals surface area contributed by atoms with E-state index in [2.05, 4.69) is 142 Å². The third-order valence-corrected chi connectivity index (χ3v) is 11.4. The van der Waals surface area contributed by atoms with Crippen molar-refractivity contribution in [2.24, 2.45) is 0 Å². The fourth-order valence-electron chi connectivity index (χ4n) is 7.28. The minimum absolute atomic E-state index is 0.103. The van der Waals surface area contributed by atoms with Gasteiger partial charge in [0.05, 0.1) is 0 Å². The van der Waals surface area contributed by atoms with Crippen LogP contribution >= 0.6 is 0 Å². The molecule has 0 fully saturated rings. The van der Waals surface area contributed by atoms with Gasteiger partial charge in [-0.3, -0.25) is 14.4 Å². The molecule has 0 N–H and O–H groups in total. The maximum absolute atomic E-state index is 12.8. The Hall–Kier alpha value is -4.19. The SMILES string of the molecule is CC/C=C\C/C=C\C/C=C\C/C=C\C/C=C\C/C=C\CCCCC(=O)OCC(COC(=O)CCCCCCC/C=C\CCCCCC)OC(=O)CCCCCCCCC/C=C\C/C=C\C/C=C\CC. The van der Waals surface area contributed by atoms with Crippen molar-refractivity contribution in [1.29, 1.82) is 0 Å². The highest BCUT2D eigenvalue weighted by Gasteiger charge is 2.19. The summed E-state index contributed by atoms with van der Waals surface area (Å²) in [6, 6.07) is 0. The lowest BCUT2D eigenvalue weighted by Crippen LogP contribution is -2.30. The van der Waals surface area contributed by atoms with Gasteiger partial charge >= 0.3 is 17.9 Å². The Labute approximate surface area is 424 Å². The van der Waals surface area contributed by atoms with E-state index in [1.54, 1.807) is 0 Å². The number of allylic oxidation sites excluding steroid dienone is 20. The zero-order valence-corrected chi connectivity index (χ0v) is 44.5. The fraction of sp³-hybridized carbons (Fsp3) is 0.635. The third kappa shape index (κ3) is 54.6. The summed E-state index contributed by atoms with van der Waals surface area (Å²) in [6.07, 6.45) is 77.5. The molecular weight excluding hydrogens is 853 g/mol. The molecule has 0 aromatic carbocycles. The van der Waals surface area contributed by atoms with Crippen molar-refractivity contribution in [3.63, 3.8) is 0 Å². The number of esters is 3. The lowest BCUT2D eigenvalue weighted by Gasteiger charge is -2.18. The van der Waals surface area contributed by atoms with E-state index < -0.39 is 6.10 Å². The number of rotatable bonds is 49. The Balaban J connectivity index is 4.49. The Bertz CT molecular complexity index is 1470. The van der Waals surface area contributed by atoms with E-state index >= 15 is 0 Å². The van der Waals surface area contributed by atoms with Gasteiger partial charge in [-0.05, 0) is 128 Å². The number of carbonyl (C=O) groups is 3. The number of hydrogen-bond acceptors (Lipinski definition) is 6. The Morgan fingerprint density at radius 3 is 0.928 bits per heavy atom. The Morgan fingerprint density at radius 1 is 0.304 bits per heavy atom. The summed E-state index contributed by atoms with van der Waals surface area (Å²) in [7, 11) is 0. The molecule has 0 radical (unpaired) electrons. The molecule has 0 aliphatic rings. The van der Waals surface area contributed by atoms with Gasteiger partial charge in [0, 0.05) is 19.3 Å². The summed E-state index contributed by atoms with van der Waals surface area (Å²) in [5, 5.41) is 0. The standard InChI is InChI=1S/C63H102O6/c1-4-7-10-13-16-19-22-25-27-29-30-31-32-34-35-38-41-44-47-50-53-56-62(65)68-59-60(58-67-61(64)55-52-49-46-43-40-37-24-21-18-15-12-9-6-3)69-63(66)57-54-51-48-45-42-39-36-33-28-26-23-20-17-14-11-8-5-2/h7-8,10-11,16-17,19-21,24-28,30-31,34-35,41,44,60H,4-6,9,12-15,18,22-23,29,32-33,36-40,42-43,45-59H2,1-3H3/b10-7-,11-8-,19-16-,20-17-,24-21-,27-25-,28-26-,31-30-,35-34-,44-41-. The van der Waals surface area contributed by atoms with Crippen LogP contribution in [0.4, 0.5) is 0 Å². The van der Waals surface area contributed by atoms with E-state index in [0.717, 1.165) is 128 Å². The van der Waals surface area contributed by atoms with Crippen LogP contribution in [0.2, 0.25) is 0 Å². The molecule has 390 valence electrons. The van der Waals surface area contributed by atoms with E-state index in [-0.39, 0.29) is 31.1 Å². The van der Waals surface area contributed by atoms with Crippen molar-refractivity contribution in [3.8, 4) is 0 Å². The molecule has 0 rings (SSSR count). The first-order valence-electron chi connectivity index (χ1n) is 28.0. The molecule has 6 nitrogen and oxygen atoms in total. The molecular formula is C63H102O6. The average Bonchev–Trinajstić information content (AvgIpc) is 3.35. The predicted octanol–water partition coefficient (Wildman–Crippen LogP) is 18.9. The summed E-state index contributed by atoms with van der Waals surface area (Å²) >= 11 is 0. The molecule has 0 saturated heterocycles. The average molecular weight is 956 g/mol. The van der Waals surface area contributed by atoms with Gasteiger partial charge in [0.25, 0.3) is 0 Å².